The second-order valence-electron chi connectivity index (χ2n) is 5.42. The minimum atomic E-state index is 0.606. The van der Waals surface area contributed by atoms with E-state index in [1.807, 2.05) is 19.2 Å². The Morgan fingerprint density at radius 2 is 1.94 bits per heavy atom. The van der Waals surface area contributed by atoms with Crippen LogP contribution in [0.2, 0.25) is 0 Å². The minimum absolute atomic E-state index is 0.606. The standard InChI is InChI=1S/C14H24N4/c1-11-5-8-18(9-6-12(2)16-11)10-14-4-7-15-13(3)17-14/h4,7,11-12,16H,5-6,8-10H2,1-3H3. The van der Waals surface area contributed by atoms with Crippen molar-refractivity contribution in [3.63, 3.8) is 0 Å². The molecule has 1 saturated heterocycles. The summed E-state index contributed by atoms with van der Waals surface area (Å²) in [5.74, 6) is 0.864. The van der Waals surface area contributed by atoms with Gasteiger partial charge >= 0.3 is 0 Å². The molecule has 2 heterocycles. The average molecular weight is 248 g/mol. The topological polar surface area (TPSA) is 41.1 Å². The van der Waals surface area contributed by atoms with Crippen molar-refractivity contribution < 1.29 is 0 Å². The largest absolute Gasteiger partial charge is 0.312 e. The number of hydrogen-bond acceptors (Lipinski definition) is 4. The van der Waals surface area contributed by atoms with Gasteiger partial charge in [-0.2, -0.15) is 0 Å². The van der Waals surface area contributed by atoms with Gasteiger partial charge in [0.1, 0.15) is 5.82 Å². The number of aryl methyl sites for hydroxylation is 1. The van der Waals surface area contributed by atoms with Crippen LogP contribution in [0, 0.1) is 6.92 Å². The smallest absolute Gasteiger partial charge is 0.125 e. The minimum Gasteiger partial charge on any atom is -0.312 e. The monoisotopic (exact) mass is 248 g/mol. The van der Waals surface area contributed by atoms with E-state index in [-0.39, 0.29) is 0 Å². The van der Waals surface area contributed by atoms with Crippen LogP contribution in [0.15, 0.2) is 12.3 Å². The Morgan fingerprint density at radius 3 is 2.56 bits per heavy atom. The molecule has 1 N–H and O–H groups in total. The quantitative estimate of drug-likeness (QED) is 0.865. The molecule has 1 aromatic rings. The molecule has 4 heteroatoms. The van der Waals surface area contributed by atoms with Gasteiger partial charge < -0.3 is 5.32 Å². The fourth-order valence-electron chi connectivity index (χ4n) is 2.50. The first-order valence-electron chi connectivity index (χ1n) is 6.90. The van der Waals surface area contributed by atoms with Gasteiger partial charge in [0.2, 0.25) is 0 Å². The summed E-state index contributed by atoms with van der Waals surface area (Å²) < 4.78 is 0. The molecule has 18 heavy (non-hydrogen) atoms. The predicted molar refractivity (Wildman–Crippen MR) is 73.3 cm³/mol. The van der Waals surface area contributed by atoms with E-state index in [0.29, 0.717) is 12.1 Å². The molecule has 0 spiro atoms. The zero-order chi connectivity index (χ0) is 13.0. The summed E-state index contributed by atoms with van der Waals surface area (Å²) in [4.78, 5) is 11.2. The Kier molecular flexibility index (Phi) is 4.66. The number of nitrogens with zero attached hydrogens (tertiary/aromatic N) is 3. The first-order chi connectivity index (χ1) is 8.63. The van der Waals surface area contributed by atoms with Crippen LogP contribution in [-0.2, 0) is 6.54 Å². The van der Waals surface area contributed by atoms with Crippen LogP contribution in [0.3, 0.4) is 0 Å². The van der Waals surface area contributed by atoms with E-state index in [1.165, 1.54) is 12.8 Å². The second-order valence-corrected chi connectivity index (χ2v) is 5.42. The number of aromatic nitrogens is 2. The number of nitrogens with one attached hydrogen (secondary N) is 1. The summed E-state index contributed by atoms with van der Waals surface area (Å²) in [5, 5.41) is 3.62. The fourth-order valence-corrected chi connectivity index (χ4v) is 2.50. The van der Waals surface area contributed by atoms with Crippen LogP contribution < -0.4 is 5.32 Å². The summed E-state index contributed by atoms with van der Waals surface area (Å²) in [5.41, 5.74) is 1.14. The molecular formula is C14H24N4. The molecule has 2 unspecified atom stereocenters. The van der Waals surface area contributed by atoms with Crippen molar-refractivity contribution in [1.29, 1.82) is 0 Å². The molecule has 0 aromatic carbocycles. The van der Waals surface area contributed by atoms with Gasteiger partial charge in [-0.15, -0.1) is 0 Å². The third-order valence-electron chi connectivity index (χ3n) is 3.55. The molecule has 0 bridgehead atoms. The van der Waals surface area contributed by atoms with Crippen LogP contribution >= 0.6 is 0 Å². The van der Waals surface area contributed by atoms with E-state index in [9.17, 15) is 0 Å². The van der Waals surface area contributed by atoms with E-state index >= 15 is 0 Å². The molecule has 1 aromatic heterocycles. The van der Waals surface area contributed by atoms with E-state index in [2.05, 4.69) is 34.0 Å². The Morgan fingerprint density at radius 1 is 1.28 bits per heavy atom. The van der Waals surface area contributed by atoms with Gasteiger partial charge in [-0.3, -0.25) is 4.90 Å². The van der Waals surface area contributed by atoms with Crippen molar-refractivity contribution in [2.24, 2.45) is 0 Å². The lowest BCUT2D eigenvalue weighted by molar-refractivity contribution is 0.210. The lowest BCUT2D eigenvalue weighted by Gasteiger charge is -2.30. The Labute approximate surface area is 110 Å². The summed E-state index contributed by atoms with van der Waals surface area (Å²) in [7, 11) is 0. The zero-order valence-corrected chi connectivity index (χ0v) is 11.7. The van der Waals surface area contributed by atoms with Crippen LogP contribution in [0.5, 0.6) is 0 Å². The van der Waals surface area contributed by atoms with Gasteiger partial charge in [0.15, 0.2) is 0 Å². The van der Waals surface area contributed by atoms with Gasteiger partial charge in [0, 0.05) is 37.9 Å². The Bertz CT molecular complexity index is 368. The van der Waals surface area contributed by atoms with Crippen molar-refractivity contribution in [1.82, 2.24) is 20.2 Å². The summed E-state index contributed by atoms with van der Waals surface area (Å²) >= 11 is 0. The van der Waals surface area contributed by atoms with Crippen molar-refractivity contribution in [3.05, 3.63) is 23.8 Å². The number of rotatable bonds is 2. The maximum absolute atomic E-state index is 4.49. The summed E-state index contributed by atoms with van der Waals surface area (Å²) in [6, 6.07) is 3.24. The highest BCUT2D eigenvalue weighted by atomic mass is 15.1. The molecule has 0 amide bonds. The molecular weight excluding hydrogens is 224 g/mol. The fraction of sp³-hybridized carbons (Fsp3) is 0.714. The molecule has 100 valence electrons. The van der Waals surface area contributed by atoms with Gasteiger partial charge in [0.05, 0.1) is 5.69 Å². The first-order valence-corrected chi connectivity index (χ1v) is 6.90. The van der Waals surface area contributed by atoms with Crippen LogP contribution in [0.1, 0.15) is 38.2 Å². The molecule has 0 aliphatic carbocycles. The Hall–Kier alpha value is -1.00. The molecule has 2 rings (SSSR count). The first kappa shape index (κ1) is 13.4. The highest BCUT2D eigenvalue weighted by Crippen LogP contribution is 2.09. The summed E-state index contributed by atoms with van der Waals surface area (Å²) in [6.07, 6.45) is 4.26. The van der Waals surface area contributed by atoms with E-state index in [0.717, 1.165) is 31.2 Å². The van der Waals surface area contributed by atoms with E-state index in [4.69, 9.17) is 0 Å². The SMILES string of the molecule is Cc1nccc(CN2CCC(C)NC(C)CC2)n1. The highest BCUT2D eigenvalue weighted by Gasteiger charge is 2.16. The molecule has 2 atom stereocenters. The predicted octanol–water partition coefficient (Wildman–Crippen LogP) is 1.75. The molecule has 4 nitrogen and oxygen atoms in total. The zero-order valence-electron chi connectivity index (χ0n) is 11.7. The van der Waals surface area contributed by atoms with Crippen molar-refractivity contribution in [2.75, 3.05) is 13.1 Å². The van der Waals surface area contributed by atoms with Crippen LogP contribution in [0.25, 0.3) is 0 Å². The lowest BCUT2D eigenvalue weighted by atomic mass is 10.1. The van der Waals surface area contributed by atoms with E-state index < -0.39 is 0 Å². The maximum Gasteiger partial charge on any atom is 0.125 e. The average Bonchev–Trinajstić information content (AvgIpc) is 2.31. The lowest BCUT2D eigenvalue weighted by Crippen LogP contribution is -2.42. The second kappa shape index (κ2) is 6.25. The molecule has 1 aliphatic heterocycles. The van der Waals surface area contributed by atoms with Gasteiger partial charge in [0.25, 0.3) is 0 Å². The molecule has 1 fully saturated rings. The van der Waals surface area contributed by atoms with Crippen molar-refractivity contribution >= 4 is 0 Å². The highest BCUT2D eigenvalue weighted by molar-refractivity contribution is 5.01. The Balaban J connectivity index is 1.95. The number of hydrogen-bond donors (Lipinski definition) is 1. The van der Waals surface area contributed by atoms with Crippen LogP contribution in [0.4, 0.5) is 0 Å². The van der Waals surface area contributed by atoms with Gasteiger partial charge in [-0.25, -0.2) is 9.97 Å². The summed E-state index contributed by atoms with van der Waals surface area (Å²) in [6.45, 7) is 9.73. The van der Waals surface area contributed by atoms with Crippen LogP contribution in [-0.4, -0.2) is 40.0 Å². The van der Waals surface area contributed by atoms with Gasteiger partial charge in [-0.1, -0.05) is 0 Å². The van der Waals surface area contributed by atoms with Crippen molar-refractivity contribution in [3.8, 4) is 0 Å². The molecule has 0 saturated carbocycles. The molecule has 1 aliphatic rings. The third kappa shape index (κ3) is 4.03. The molecule has 0 radical (unpaired) electrons. The van der Waals surface area contributed by atoms with Gasteiger partial charge in [-0.05, 0) is 39.7 Å². The van der Waals surface area contributed by atoms with E-state index in [1.54, 1.807) is 0 Å². The normalized spacial score (nSPS) is 26.6. The third-order valence-corrected chi connectivity index (χ3v) is 3.55. The van der Waals surface area contributed by atoms with Crippen molar-refractivity contribution in [2.45, 2.75) is 52.2 Å². The maximum atomic E-state index is 4.49.